The lowest BCUT2D eigenvalue weighted by Gasteiger charge is -2.28. The first-order valence-electron chi connectivity index (χ1n) is 12.8. The van der Waals surface area contributed by atoms with Gasteiger partial charge in [-0.1, -0.05) is 49.7 Å². The Morgan fingerprint density at radius 1 is 0.923 bits per heavy atom. The van der Waals surface area contributed by atoms with Gasteiger partial charge in [0.1, 0.15) is 17.9 Å². The number of nitrogens with zero attached hydrogens (tertiary/aromatic N) is 2. The van der Waals surface area contributed by atoms with Crippen molar-refractivity contribution in [2.24, 2.45) is 5.92 Å². The summed E-state index contributed by atoms with van der Waals surface area (Å²) in [6, 6.07) is 19.3. The van der Waals surface area contributed by atoms with Crippen LogP contribution in [0.3, 0.4) is 0 Å². The fourth-order valence-electron chi connectivity index (χ4n) is 4.18. The molecule has 0 aliphatic rings. The van der Waals surface area contributed by atoms with Crippen LogP contribution in [0, 0.1) is 11.7 Å². The van der Waals surface area contributed by atoms with Crippen LogP contribution >= 0.6 is 11.6 Å². The standard InChI is InChI=1S/C31H30ClFN2O4/c1-21(2)15-16-34(31(38)23-9-11-25(32)12-10-23)19-29(36)35(17-22-7-13-26(33)14-8-22)18-24-20-39-28-6-4-3-5-27(28)30(24)37/h3-14,20-21H,15-19H2,1-2H3. The molecule has 202 valence electrons. The van der Waals surface area contributed by atoms with E-state index >= 15 is 0 Å². The Kier molecular flexibility index (Phi) is 9.15. The molecule has 1 aromatic heterocycles. The third-order valence-corrected chi connectivity index (χ3v) is 6.68. The molecule has 8 heteroatoms. The van der Waals surface area contributed by atoms with Crippen molar-refractivity contribution < 1.29 is 18.4 Å². The van der Waals surface area contributed by atoms with E-state index in [0.717, 1.165) is 0 Å². The van der Waals surface area contributed by atoms with Crippen LogP contribution in [0.2, 0.25) is 5.02 Å². The number of benzene rings is 3. The monoisotopic (exact) mass is 548 g/mol. The highest BCUT2D eigenvalue weighted by Gasteiger charge is 2.24. The van der Waals surface area contributed by atoms with E-state index in [1.807, 2.05) is 13.8 Å². The Labute approximate surface area is 231 Å². The summed E-state index contributed by atoms with van der Waals surface area (Å²) in [4.78, 5) is 43.3. The number of carbonyl (C=O) groups excluding carboxylic acids is 2. The van der Waals surface area contributed by atoms with E-state index in [1.165, 1.54) is 28.2 Å². The third kappa shape index (κ3) is 7.33. The van der Waals surface area contributed by atoms with E-state index < -0.39 is 0 Å². The number of hydrogen-bond donors (Lipinski definition) is 0. The fraction of sp³-hybridized carbons (Fsp3) is 0.258. The van der Waals surface area contributed by atoms with Gasteiger partial charge in [-0.15, -0.1) is 0 Å². The van der Waals surface area contributed by atoms with Crippen LogP contribution in [-0.4, -0.2) is 34.7 Å². The highest BCUT2D eigenvalue weighted by Crippen LogP contribution is 2.17. The Hall–Kier alpha value is -3.97. The Balaban J connectivity index is 1.63. The molecule has 0 radical (unpaired) electrons. The maximum Gasteiger partial charge on any atom is 0.254 e. The zero-order valence-electron chi connectivity index (χ0n) is 21.9. The molecule has 0 unspecified atom stereocenters. The van der Waals surface area contributed by atoms with Gasteiger partial charge in [0.15, 0.2) is 5.43 Å². The van der Waals surface area contributed by atoms with Crippen molar-refractivity contribution >= 4 is 34.4 Å². The second-order valence-electron chi connectivity index (χ2n) is 9.88. The minimum absolute atomic E-state index is 0.0312. The molecule has 6 nitrogen and oxygen atoms in total. The molecule has 39 heavy (non-hydrogen) atoms. The number of fused-ring (bicyclic) bond motifs is 1. The Morgan fingerprint density at radius 2 is 1.62 bits per heavy atom. The van der Waals surface area contributed by atoms with E-state index in [2.05, 4.69) is 0 Å². The van der Waals surface area contributed by atoms with Crippen LogP contribution < -0.4 is 5.43 Å². The molecular weight excluding hydrogens is 519 g/mol. The summed E-state index contributed by atoms with van der Waals surface area (Å²) in [6.45, 7) is 4.38. The number of amides is 2. The maximum atomic E-state index is 13.7. The van der Waals surface area contributed by atoms with Gasteiger partial charge in [0.25, 0.3) is 5.91 Å². The van der Waals surface area contributed by atoms with E-state index in [4.69, 9.17) is 16.0 Å². The average Bonchev–Trinajstić information content (AvgIpc) is 2.93. The second-order valence-corrected chi connectivity index (χ2v) is 10.3. The largest absolute Gasteiger partial charge is 0.464 e. The summed E-state index contributed by atoms with van der Waals surface area (Å²) in [5.74, 6) is -0.705. The zero-order valence-corrected chi connectivity index (χ0v) is 22.7. The lowest BCUT2D eigenvalue weighted by molar-refractivity contribution is -0.133. The average molecular weight is 549 g/mol. The second kappa shape index (κ2) is 12.7. The van der Waals surface area contributed by atoms with Crippen molar-refractivity contribution in [2.75, 3.05) is 13.1 Å². The van der Waals surface area contributed by atoms with E-state index in [0.29, 0.717) is 51.6 Å². The summed E-state index contributed by atoms with van der Waals surface area (Å²) >= 11 is 6.00. The van der Waals surface area contributed by atoms with Crippen LogP contribution in [0.1, 0.15) is 41.8 Å². The molecule has 3 aromatic carbocycles. The van der Waals surface area contributed by atoms with E-state index in [9.17, 15) is 18.8 Å². The van der Waals surface area contributed by atoms with Crippen LogP contribution in [0.15, 0.2) is 88.3 Å². The highest BCUT2D eigenvalue weighted by atomic mass is 35.5. The minimum atomic E-state index is -0.389. The minimum Gasteiger partial charge on any atom is -0.464 e. The number of halogens is 2. The fourth-order valence-corrected chi connectivity index (χ4v) is 4.31. The molecule has 4 rings (SSSR count). The predicted molar refractivity (Wildman–Crippen MR) is 150 cm³/mol. The molecule has 0 atom stereocenters. The van der Waals surface area contributed by atoms with E-state index in [1.54, 1.807) is 60.7 Å². The normalized spacial score (nSPS) is 11.1. The van der Waals surface area contributed by atoms with Crippen LogP contribution in [-0.2, 0) is 17.9 Å². The number of para-hydroxylation sites is 1. The molecule has 0 saturated carbocycles. The van der Waals surface area contributed by atoms with Crippen molar-refractivity contribution in [2.45, 2.75) is 33.4 Å². The zero-order chi connectivity index (χ0) is 27.9. The van der Waals surface area contributed by atoms with Gasteiger partial charge in [0, 0.05) is 23.7 Å². The van der Waals surface area contributed by atoms with Gasteiger partial charge in [-0.3, -0.25) is 14.4 Å². The molecule has 0 spiro atoms. The summed E-state index contributed by atoms with van der Waals surface area (Å²) in [6.07, 6.45) is 2.07. The lowest BCUT2D eigenvalue weighted by atomic mass is 10.1. The first-order valence-corrected chi connectivity index (χ1v) is 13.2. The first kappa shape index (κ1) is 28.0. The third-order valence-electron chi connectivity index (χ3n) is 6.43. The van der Waals surface area contributed by atoms with Gasteiger partial charge >= 0.3 is 0 Å². The SMILES string of the molecule is CC(C)CCN(CC(=O)N(Cc1ccc(F)cc1)Cc1coc2ccccc2c1=O)C(=O)c1ccc(Cl)cc1. The molecule has 0 N–H and O–H groups in total. The molecule has 0 aliphatic heterocycles. The Morgan fingerprint density at radius 3 is 2.31 bits per heavy atom. The lowest BCUT2D eigenvalue weighted by Crippen LogP contribution is -2.43. The van der Waals surface area contributed by atoms with Gasteiger partial charge < -0.3 is 14.2 Å². The molecular formula is C31H30ClFN2O4. The molecule has 0 fully saturated rings. The summed E-state index contributed by atoms with van der Waals surface area (Å²) in [5.41, 5.74) is 1.64. The highest BCUT2D eigenvalue weighted by molar-refractivity contribution is 6.30. The molecule has 0 bridgehead atoms. The quantitative estimate of drug-likeness (QED) is 0.233. The molecule has 4 aromatic rings. The van der Waals surface area contributed by atoms with E-state index in [-0.39, 0.29) is 42.7 Å². The molecule has 1 heterocycles. The van der Waals surface area contributed by atoms with Gasteiger partial charge in [-0.25, -0.2) is 4.39 Å². The van der Waals surface area contributed by atoms with Crippen LogP contribution in [0.25, 0.3) is 11.0 Å². The van der Waals surface area contributed by atoms with Crippen LogP contribution in [0.4, 0.5) is 4.39 Å². The van der Waals surface area contributed by atoms with Crippen LogP contribution in [0.5, 0.6) is 0 Å². The number of rotatable bonds is 10. The van der Waals surface area contributed by atoms with Gasteiger partial charge in [0.2, 0.25) is 5.91 Å². The number of carbonyl (C=O) groups is 2. The molecule has 0 aliphatic carbocycles. The van der Waals surface area contributed by atoms with Crippen molar-refractivity contribution in [1.29, 1.82) is 0 Å². The van der Waals surface area contributed by atoms with Crippen molar-refractivity contribution in [3.8, 4) is 0 Å². The summed E-state index contributed by atoms with van der Waals surface area (Å²) in [7, 11) is 0. The Bertz CT molecular complexity index is 1500. The van der Waals surface area contributed by atoms with Crippen molar-refractivity contribution in [3.05, 3.63) is 117 Å². The molecule has 0 saturated heterocycles. The topological polar surface area (TPSA) is 70.8 Å². The summed E-state index contributed by atoms with van der Waals surface area (Å²) < 4.78 is 19.2. The predicted octanol–water partition coefficient (Wildman–Crippen LogP) is 6.30. The van der Waals surface area contributed by atoms with Crippen molar-refractivity contribution in [3.63, 3.8) is 0 Å². The first-order chi connectivity index (χ1) is 18.7. The van der Waals surface area contributed by atoms with Crippen molar-refractivity contribution in [1.82, 2.24) is 9.80 Å². The van der Waals surface area contributed by atoms with Gasteiger partial charge in [-0.2, -0.15) is 0 Å². The van der Waals surface area contributed by atoms with Gasteiger partial charge in [0.05, 0.1) is 23.8 Å². The van der Waals surface area contributed by atoms with Gasteiger partial charge in [-0.05, 0) is 66.4 Å². The maximum absolute atomic E-state index is 13.7. The number of hydrogen-bond acceptors (Lipinski definition) is 4. The smallest absolute Gasteiger partial charge is 0.254 e. The summed E-state index contributed by atoms with van der Waals surface area (Å²) in [5, 5.41) is 0.928. The molecule has 2 amide bonds.